The van der Waals surface area contributed by atoms with Gasteiger partial charge in [-0.1, -0.05) is 25.4 Å². The molecule has 1 fully saturated rings. The summed E-state index contributed by atoms with van der Waals surface area (Å²) >= 11 is 5.93. The van der Waals surface area contributed by atoms with Gasteiger partial charge in [0.05, 0.1) is 11.2 Å². The highest BCUT2D eigenvalue weighted by molar-refractivity contribution is 6.33. The van der Waals surface area contributed by atoms with Gasteiger partial charge in [-0.15, -0.1) is 0 Å². The molecule has 1 saturated heterocycles. The molecule has 112 valence electrons. The van der Waals surface area contributed by atoms with Gasteiger partial charge in [0.25, 0.3) is 5.91 Å². The van der Waals surface area contributed by atoms with Crippen molar-refractivity contribution in [3.8, 4) is 0 Å². The van der Waals surface area contributed by atoms with E-state index in [1.165, 1.54) is 6.20 Å². The number of carbonyl (C=O) groups excluding carboxylic acids is 3. The van der Waals surface area contributed by atoms with Crippen molar-refractivity contribution in [2.24, 2.45) is 0 Å². The van der Waals surface area contributed by atoms with Crippen molar-refractivity contribution in [3.05, 3.63) is 22.7 Å². The van der Waals surface area contributed by atoms with E-state index in [1.807, 2.05) is 13.8 Å². The number of imide groups is 1. The quantitative estimate of drug-likeness (QED) is 0.804. The standard InChI is InChI=1S/C13H15ClN4O3/c1-6(2)11-15-5-7(14)10(18-11)13(21)16-8-3-4-9(19)17-12(8)20/h5-6,8H,3-4H2,1-2H3,(H,16,21)(H,17,19,20). The summed E-state index contributed by atoms with van der Waals surface area (Å²) in [5.74, 6) is -0.877. The van der Waals surface area contributed by atoms with E-state index in [0.717, 1.165) is 0 Å². The van der Waals surface area contributed by atoms with Crippen LogP contribution in [0.4, 0.5) is 0 Å². The van der Waals surface area contributed by atoms with Crippen LogP contribution in [0.2, 0.25) is 5.02 Å². The molecule has 0 aliphatic carbocycles. The summed E-state index contributed by atoms with van der Waals surface area (Å²) in [6, 6.07) is -0.760. The van der Waals surface area contributed by atoms with Crippen molar-refractivity contribution in [3.63, 3.8) is 0 Å². The molecule has 7 nitrogen and oxygen atoms in total. The zero-order chi connectivity index (χ0) is 15.6. The Morgan fingerprint density at radius 3 is 2.81 bits per heavy atom. The van der Waals surface area contributed by atoms with Gasteiger partial charge in [0.1, 0.15) is 17.6 Å². The van der Waals surface area contributed by atoms with Crippen molar-refractivity contribution < 1.29 is 14.4 Å². The van der Waals surface area contributed by atoms with Crippen molar-refractivity contribution >= 4 is 29.3 Å². The molecular formula is C13H15ClN4O3. The lowest BCUT2D eigenvalue weighted by molar-refractivity contribution is -0.134. The maximum absolute atomic E-state index is 12.2. The van der Waals surface area contributed by atoms with E-state index in [0.29, 0.717) is 5.82 Å². The molecule has 0 bridgehead atoms. The Morgan fingerprint density at radius 1 is 1.48 bits per heavy atom. The molecule has 2 heterocycles. The van der Waals surface area contributed by atoms with Gasteiger partial charge in [0.15, 0.2) is 0 Å². The molecule has 1 aliphatic rings. The van der Waals surface area contributed by atoms with Gasteiger partial charge in [0.2, 0.25) is 11.8 Å². The Labute approximate surface area is 126 Å². The maximum atomic E-state index is 12.2. The summed E-state index contributed by atoms with van der Waals surface area (Å²) < 4.78 is 0. The van der Waals surface area contributed by atoms with Gasteiger partial charge in [-0.3, -0.25) is 19.7 Å². The Hall–Kier alpha value is -2.02. The molecule has 0 spiro atoms. The fraction of sp³-hybridized carbons (Fsp3) is 0.462. The second kappa shape index (κ2) is 6.17. The minimum absolute atomic E-state index is 0.0278. The van der Waals surface area contributed by atoms with Crippen LogP contribution in [0.15, 0.2) is 6.20 Å². The smallest absolute Gasteiger partial charge is 0.272 e. The summed E-state index contributed by atoms with van der Waals surface area (Å²) in [6.07, 6.45) is 1.81. The summed E-state index contributed by atoms with van der Waals surface area (Å²) in [6.45, 7) is 3.79. The summed E-state index contributed by atoms with van der Waals surface area (Å²) in [5, 5.41) is 4.82. The molecule has 2 N–H and O–H groups in total. The van der Waals surface area contributed by atoms with Crippen LogP contribution in [0, 0.1) is 0 Å². The lowest BCUT2D eigenvalue weighted by atomic mass is 10.1. The predicted octanol–water partition coefficient (Wildman–Crippen LogP) is 0.788. The van der Waals surface area contributed by atoms with Gasteiger partial charge in [0, 0.05) is 12.3 Å². The van der Waals surface area contributed by atoms with E-state index in [-0.39, 0.29) is 35.4 Å². The molecule has 0 aromatic carbocycles. The number of nitrogens with one attached hydrogen (secondary N) is 2. The topological polar surface area (TPSA) is 101 Å². The van der Waals surface area contributed by atoms with Crippen LogP contribution < -0.4 is 10.6 Å². The normalized spacial score (nSPS) is 18.6. The van der Waals surface area contributed by atoms with Crippen LogP contribution in [0.1, 0.15) is 48.9 Å². The Morgan fingerprint density at radius 2 is 2.19 bits per heavy atom. The van der Waals surface area contributed by atoms with Crippen LogP contribution in [0.25, 0.3) is 0 Å². The zero-order valence-electron chi connectivity index (χ0n) is 11.6. The van der Waals surface area contributed by atoms with E-state index in [4.69, 9.17) is 11.6 Å². The van der Waals surface area contributed by atoms with Gasteiger partial charge in [-0.25, -0.2) is 9.97 Å². The Bertz CT molecular complexity index is 603. The number of hydrogen-bond acceptors (Lipinski definition) is 5. The fourth-order valence-electron chi connectivity index (χ4n) is 1.88. The Balaban J connectivity index is 2.15. The van der Waals surface area contributed by atoms with Crippen LogP contribution >= 0.6 is 11.6 Å². The van der Waals surface area contributed by atoms with Crippen molar-refractivity contribution in [1.29, 1.82) is 0 Å². The summed E-state index contributed by atoms with van der Waals surface area (Å²) in [7, 11) is 0. The minimum Gasteiger partial charge on any atom is -0.339 e. The monoisotopic (exact) mass is 310 g/mol. The minimum atomic E-state index is -0.760. The summed E-state index contributed by atoms with van der Waals surface area (Å²) in [4.78, 5) is 43.0. The van der Waals surface area contributed by atoms with E-state index in [2.05, 4.69) is 20.6 Å². The molecular weight excluding hydrogens is 296 g/mol. The molecule has 1 unspecified atom stereocenters. The van der Waals surface area contributed by atoms with Crippen molar-refractivity contribution in [2.75, 3.05) is 0 Å². The number of halogens is 1. The molecule has 1 aromatic rings. The third-order valence-corrected chi connectivity index (χ3v) is 3.32. The molecule has 2 rings (SSSR count). The molecule has 1 atom stereocenters. The lowest BCUT2D eigenvalue weighted by Gasteiger charge is -2.21. The number of amides is 3. The lowest BCUT2D eigenvalue weighted by Crippen LogP contribution is -2.52. The predicted molar refractivity (Wildman–Crippen MR) is 74.8 cm³/mol. The first kappa shape index (κ1) is 15.4. The number of piperidine rings is 1. The Kier molecular flexibility index (Phi) is 4.52. The average Bonchev–Trinajstić information content (AvgIpc) is 2.42. The zero-order valence-corrected chi connectivity index (χ0v) is 12.4. The summed E-state index contributed by atoms with van der Waals surface area (Å²) in [5.41, 5.74) is 0.0278. The number of aromatic nitrogens is 2. The van der Waals surface area contributed by atoms with E-state index in [1.54, 1.807) is 0 Å². The third kappa shape index (κ3) is 3.55. The van der Waals surface area contributed by atoms with Gasteiger partial charge >= 0.3 is 0 Å². The van der Waals surface area contributed by atoms with Gasteiger partial charge < -0.3 is 5.32 Å². The fourth-order valence-corrected chi connectivity index (χ4v) is 2.05. The number of nitrogens with zero attached hydrogens (tertiary/aromatic N) is 2. The second-order valence-corrected chi connectivity index (χ2v) is 5.46. The molecule has 3 amide bonds. The number of rotatable bonds is 3. The average molecular weight is 311 g/mol. The molecule has 0 radical (unpaired) electrons. The molecule has 21 heavy (non-hydrogen) atoms. The highest BCUT2D eigenvalue weighted by Crippen LogP contribution is 2.17. The first-order valence-corrected chi connectivity index (χ1v) is 6.93. The number of hydrogen-bond donors (Lipinski definition) is 2. The van der Waals surface area contributed by atoms with Crippen LogP contribution in [0.3, 0.4) is 0 Å². The van der Waals surface area contributed by atoms with Crippen LogP contribution in [-0.2, 0) is 9.59 Å². The SMILES string of the molecule is CC(C)c1ncc(Cl)c(C(=O)NC2CCC(=O)NC2=O)n1. The van der Waals surface area contributed by atoms with Crippen LogP contribution in [0.5, 0.6) is 0 Å². The van der Waals surface area contributed by atoms with Crippen LogP contribution in [-0.4, -0.2) is 33.7 Å². The third-order valence-electron chi connectivity index (χ3n) is 3.04. The second-order valence-electron chi connectivity index (χ2n) is 5.06. The van der Waals surface area contributed by atoms with Gasteiger partial charge in [-0.2, -0.15) is 0 Å². The van der Waals surface area contributed by atoms with E-state index in [9.17, 15) is 14.4 Å². The first-order chi connectivity index (χ1) is 9.88. The highest BCUT2D eigenvalue weighted by atomic mass is 35.5. The maximum Gasteiger partial charge on any atom is 0.272 e. The van der Waals surface area contributed by atoms with E-state index >= 15 is 0 Å². The van der Waals surface area contributed by atoms with Crippen molar-refractivity contribution in [2.45, 2.75) is 38.6 Å². The van der Waals surface area contributed by atoms with E-state index < -0.39 is 17.9 Å². The molecule has 0 saturated carbocycles. The molecule has 8 heteroatoms. The molecule has 1 aliphatic heterocycles. The first-order valence-electron chi connectivity index (χ1n) is 6.55. The molecule has 1 aromatic heterocycles. The number of carbonyl (C=O) groups is 3. The van der Waals surface area contributed by atoms with Gasteiger partial charge in [-0.05, 0) is 6.42 Å². The highest BCUT2D eigenvalue weighted by Gasteiger charge is 2.29. The largest absolute Gasteiger partial charge is 0.339 e. The van der Waals surface area contributed by atoms with Crippen molar-refractivity contribution in [1.82, 2.24) is 20.6 Å².